The molecular formula is C12H15BrN2O7S. The third kappa shape index (κ3) is 4.18. The second kappa shape index (κ2) is 6.69. The Morgan fingerprint density at radius 3 is 2.83 bits per heavy atom. The lowest BCUT2D eigenvalue weighted by Gasteiger charge is -2.22. The standard InChI is InChI=1S/C12H15BrN2O7S/c1-3-8(22-23(2,19)20)10-7(16)4-9(21-10)15-5-6(13)11(17)14-12(15)18/h3,5,7-10,16H,1,4H2,2H3,(H,14,17,18)/t7-,8?,9+,10-/m0/s1. The summed E-state index contributed by atoms with van der Waals surface area (Å²) in [6.45, 7) is 3.46. The Morgan fingerprint density at radius 1 is 1.61 bits per heavy atom. The largest absolute Gasteiger partial charge is 0.390 e. The topological polar surface area (TPSA) is 128 Å². The first-order valence-corrected chi connectivity index (χ1v) is 9.08. The summed E-state index contributed by atoms with van der Waals surface area (Å²) in [5.41, 5.74) is -1.30. The monoisotopic (exact) mass is 410 g/mol. The number of aromatic amines is 1. The highest BCUT2D eigenvalue weighted by Crippen LogP contribution is 2.31. The molecule has 1 saturated heterocycles. The third-order valence-corrected chi connectivity index (χ3v) is 4.35. The third-order valence-electron chi connectivity index (χ3n) is 3.21. The predicted octanol–water partition coefficient (Wildman–Crippen LogP) is -0.522. The molecule has 1 aromatic heterocycles. The number of aromatic nitrogens is 2. The molecule has 1 unspecified atom stereocenters. The molecule has 2 N–H and O–H groups in total. The number of nitrogens with zero attached hydrogens (tertiary/aromatic N) is 1. The molecule has 0 spiro atoms. The molecule has 0 aliphatic carbocycles. The van der Waals surface area contributed by atoms with Crippen molar-refractivity contribution in [2.45, 2.75) is 31.0 Å². The van der Waals surface area contributed by atoms with Crippen molar-refractivity contribution in [1.82, 2.24) is 9.55 Å². The molecule has 0 saturated carbocycles. The normalized spacial score (nSPS) is 26.1. The van der Waals surface area contributed by atoms with E-state index in [1.54, 1.807) is 0 Å². The van der Waals surface area contributed by atoms with E-state index in [0.29, 0.717) is 0 Å². The van der Waals surface area contributed by atoms with Crippen molar-refractivity contribution in [3.8, 4) is 0 Å². The van der Waals surface area contributed by atoms with Crippen LogP contribution >= 0.6 is 15.9 Å². The van der Waals surface area contributed by atoms with Gasteiger partial charge in [-0.3, -0.25) is 18.5 Å². The van der Waals surface area contributed by atoms with E-state index in [2.05, 4.69) is 27.5 Å². The zero-order valence-electron chi connectivity index (χ0n) is 12.0. The van der Waals surface area contributed by atoms with Crippen molar-refractivity contribution >= 4 is 26.0 Å². The molecule has 1 aromatic rings. The molecule has 23 heavy (non-hydrogen) atoms. The highest BCUT2D eigenvalue weighted by molar-refractivity contribution is 9.10. The van der Waals surface area contributed by atoms with Gasteiger partial charge in [0.25, 0.3) is 15.7 Å². The zero-order valence-corrected chi connectivity index (χ0v) is 14.4. The van der Waals surface area contributed by atoms with Crippen molar-refractivity contribution in [2.75, 3.05) is 6.26 Å². The van der Waals surface area contributed by atoms with E-state index in [1.807, 2.05) is 0 Å². The minimum atomic E-state index is -3.78. The van der Waals surface area contributed by atoms with E-state index in [1.165, 1.54) is 12.3 Å². The number of nitrogens with one attached hydrogen (secondary N) is 1. The highest BCUT2D eigenvalue weighted by Gasteiger charge is 2.41. The Bertz CT molecular complexity index is 815. The number of aliphatic hydroxyl groups excluding tert-OH is 1. The molecule has 128 valence electrons. The Morgan fingerprint density at radius 2 is 2.26 bits per heavy atom. The summed E-state index contributed by atoms with van der Waals surface area (Å²) in [6, 6.07) is 0. The van der Waals surface area contributed by atoms with Gasteiger partial charge in [0.05, 0.1) is 16.8 Å². The number of ether oxygens (including phenoxy) is 1. The van der Waals surface area contributed by atoms with Gasteiger partial charge in [-0.05, 0) is 15.9 Å². The molecule has 1 aliphatic rings. The van der Waals surface area contributed by atoms with Crippen LogP contribution in [0, 0.1) is 0 Å². The molecule has 0 aromatic carbocycles. The van der Waals surface area contributed by atoms with E-state index in [4.69, 9.17) is 8.92 Å². The number of aliphatic hydroxyl groups is 1. The maximum atomic E-state index is 11.8. The van der Waals surface area contributed by atoms with Gasteiger partial charge in [0.2, 0.25) is 0 Å². The first-order valence-electron chi connectivity index (χ1n) is 6.47. The highest BCUT2D eigenvalue weighted by atomic mass is 79.9. The maximum Gasteiger partial charge on any atom is 0.330 e. The Labute approximate surface area is 139 Å². The van der Waals surface area contributed by atoms with Gasteiger partial charge in [-0.1, -0.05) is 6.08 Å². The summed E-state index contributed by atoms with van der Waals surface area (Å²) in [6.07, 6.45) is -0.781. The second-order valence-electron chi connectivity index (χ2n) is 5.00. The Balaban J connectivity index is 2.27. The molecule has 0 bridgehead atoms. The van der Waals surface area contributed by atoms with E-state index < -0.39 is 45.9 Å². The fourth-order valence-corrected chi connectivity index (χ4v) is 3.16. The van der Waals surface area contributed by atoms with Crippen molar-refractivity contribution in [3.05, 3.63) is 44.2 Å². The van der Waals surface area contributed by atoms with Gasteiger partial charge in [-0.25, -0.2) is 4.79 Å². The average molecular weight is 411 g/mol. The summed E-state index contributed by atoms with van der Waals surface area (Å²) in [5, 5.41) is 10.1. The SMILES string of the molecule is C=CC(OS(C)(=O)=O)[C@H]1O[C@@H](n2cc(Br)c(=O)[nH]c2=O)C[C@@H]1O. The minimum Gasteiger partial charge on any atom is -0.390 e. The molecule has 1 fully saturated rings. The fraction of sp³-hybridized carbons (Fsp3) is 0.500. The van der Waals surface area contributed by atoms with Crippen LogP contribution in [-0.4, -0.2) is 47.6 Å². The van der Waals surface area contributed by atoms with Gasteiger partial charge in [0.15, 0.2) is 0 Å². The Hall–Kier alpha value is -1.27. The van der Waals surface area contributed by atoms with Crippen LogP contribution in [0.4, 0.5) is 0 Å². The molecule has 0 amide bonds. The number of H-pyrrole nitrogens is 1. The van der Waals surface area contributed by atoms with Gasteiger partial charge in [-0.2, -0.15) is 8.42 Å². The van der Waals surface area contributed by atoms with E-state index in [-0.39, 0.29) is 10.9 Å². The average Bonchev–Trinajstić information content (AvgIpc) is 2.81. The van der Waals surface area contributed by atoms with Gasteiger partial charge in [0.1, 0.15) is 18.4 Å². The Kier molecular flexibility index (Phi) is 5.26. The van der Waals surface area contributed by atoms with Gasteiger partial charge >= 0.3 is 5.69 Å². The zero-order chi connectivity index (χ0) is 17.4. The molecule has 2 rings (SSSR count). The number of hydrogen-bond donors (Lipinski definition) is 2. The van der Waals surface area contributed by atoms with E-state index in [9.17, 15) is 23.1 Å². The molecule has 11 heteroatoms. The lowest BCUT2D eigenvalue weighted by molar-refractivity contribution is -0.0598. The smallest absolute Gasteiger partial charge is 0.330 e. The summed E-state index contributed by atoms with van der Waals surface area (Å²) in [7, 11) is -3.78. The van der Waals surface area contributed by atoms with E-state index in [0.717, 1.165) is 10.8 Å². The first kappa shape index (κ1) is 18.1. The molecule has 4 atom stereocenters. The fourth-order valence-electron chi connectivity index (χ4n) is 2.25. The number of rotatable bonds is 5. The summed E-state index contributed by atoms with van der Waals surface area (Å²) < 4.78 is 34.1. The van der Waals surface area contributed by atoms with Crippen LogP contribution in [0.25, 0.3) is 0 Å². The maximum absolute atomic E-state index is 11.8. The summed E-state index contributed by atoms with van der Waals surface area (Å²) >= 11 is 3.00. The van der Waals surface area contributed by atoms with Crippen molar-refractivity contribution < 1.29 is 22.4 Å². The first-order chi connectivity index (χ1) is 10.6. The lowest BCUT2D eigenvalue weighted by Crippen LogP contribution is -2.37. The second-order valence-corrected chi connectivity index (χ2v) is 7.46. The lowest BCUT2D eigenvalue weighted by atomic mass is 10.1. The summed E-state index contributed by atoms with van der Waals surface area (Å²) in [5.74, 6) is 0. The van der Waals surface area contributed by atoms with Crippen molar-refractivity contribution in [2.24, 2.45) is 0 Å². The number of hydrogen-bond acceptors (Lipinski definition) is 7. The van der Waals surface area contributed by atoms with Crippen LogP contribution in [0.15, 0.2) is 32.9 Å². The van der Waals surface area contributed by atoms with Crippen LogP contribution in [-0.2, 0) is 19.0 Å². The molecule has 9 nitrogen and oxygen atoms in total. The van der Waals surface area contributed by atoms with Crippen LogP contribution in [0.1, 0.15) is 12.6 Å². The van der Waals surface area contributed by atoms with Crippen LogP contribution in [0.5, 0.6) is 0 Å². The van der Waals surface area contributed by atoms with Crippen LogP contribution < -0.4 is 11.2 Å². The quantitative estimate of drug-likeness (QED) is 0.493. The van der Waals surface area contributed by atoms with Crippen molar-refractivity contribution in [3.63, 3.8) is 0 Å². The minimum absolute atomic E-state index is 0.0144. The molecule has 2 heterocycles. The van der Waals surface area contributed by atoms with Crippen LogP contribution in [0.3, 0.4) is 0 Å². The van der Waals surface area contributed by atoms with Crippen molar-refractivity contribution in [1.29, 1.82) is 0 Å². The van der Waals surface area contributed by atoms with Crippen LogP contribution in [0.2, 0.25) is 0 Å². The van der Waals surface area contributed by atoms with Gasteiger partial charge in [0, 0.05) is 12.6 Å². The van der Waals surface area contributed by atoms with Gasteiger partial charge < -0.3 is 9.84 Å². The molecule has 1 aliphatic heterocycles. The molecule has 0 radical (unpaired) electrons. The number of halogens is 1. The predicted molar refractivity (Wildman–Crippen MR) is 83.5 cm³/mol. The van der Waals surface area contributed by atoms with E-state index >= 15 is 0 Å². The summed E-state index contributed by atoms with van der Waals surface area (Å²) in [4.78, 5) is 25.3. The molecular weight excluding hydrogens is 396 g/mol. The van der Waals surface area contributed by atoms with Gasteiger partial charge in [-0.15, -0.1) is 6.58 Å².